The maximum Gasteiger partial charge on any atom is 1.00 e. The Morgan fingerprint density at radius 3 is 2.49 bits per heavy atom. The zero-order chi connectivity index (χ0) is 25.4. The number of thioether (sulfide) groups is 1. The number of hydrogen-bond acceptors (Lipinski definition) is 9. The van der Waals surface area contributed by atoms with Crippen molar-refractivity contribution < 1.29 is 58.7 Å². The number of carboxylic acids is 1. The SMILES string of the molecule is O=C([O-])C1=CS[C@@H]2/C(=C\c3cn(C(=O)OCc4ccc([N+](=O)[O-])cc4)c(-c4ccccc4)n3)C(=O)N12.[Na+]. The number of imidazole rings is 1. The Balaban J connectivity index is 0.00000320. The smallest absolute Gasteiger partial charge is 0.543 e. The minimum Gasteiger partial charge on any atom is -0.543 e. The van der Waals surface area contributed by atoms with E-state index in [2.05, 4.69) is 4.98 Å². The number of aromatic nitrogens is 2. The van der Waals surface area contributed by atoms with Crippen LogP contribution in [0.1, 0.15) is 11.3 Å². The van der Waals surface area contributed by atoms with E-state index in [1.165, 1.54) is 58.3 Å². The number of carboxylic acid groups (broad SMARTS) is 1. The molecule has 1 aromatic heterocycles. The van der Waals surface area contributed by atoms with Crippen LogP contribution in [0.15, 0.2) is 77.5 Å². The molecule has 1 saturated heterocycles. The maximum absolute atomic E-state index is 12.9. The van der Waals surface area contributed by atoms with Gasteiger partial charge in [0.25, 0.3) is 11.6 Å². The molecule has 0 bridgehead atoms. The van der Waals surface area contributed by atoms with Crippen LogP contribution in [0, 0.1) is 10.1 Å². The van der Waals surface area contributed by atoms with Crippen LogP contribution in [-0.2, 0) is 20.9 Å². The van der Waals surface area contributed by atoms with Crippen LogP contribution < -0.4 is 34.7 Å². The van der Waals surface area contributed by atoms with Crippen molar-refractivity contribution in [3.63, 3.8) is 0 Å². The Hall–Kier alpha value is -3.71. The number of rotatable bonds is 6. The first-order chi connectivity index (χ1) is 17.3. The van der Waals surface area contributed by atoms with E-state index < -0.39 is 28.3 Å². The molecular formula is C24H15N4NaO7S. The first-order valence-corrected chi connectivity index (χ1v) is 11.4. The summed E-state index contributed by atoms with van der Waals surface area (Å²) in [6, 6.07) is 14.5. The molecule has 0 spiro atoms. The van der Waals surface area contributed by atoms with E-state index >= 15 is 0 Å². The molecule has 11 nitrogen and oxygen atoms in total. The van der Waals surface area contributed by atoms with Gasteiger partial charge in [-0.2, -0.15) is 0 Å². The zero-order valence-corrected chi connectivity index (χ0v) is 22.1. The van der Waals surface area contributed by atoms with Gasteiger partial charge in [0.2, 0.25) is 0 Å². The number of carbonyl (C=O) groups is 3. The fourth-order valence-corrected chi connectivity index (χ4v) is 4.86. The van der Waals surface area contributed by atoms with Crippen LogP contribution in [0.5, 0.6) is 0 Å². The van der Waals surface area contributed by atoms with Gasteiger partial charge in [0, 0.05) is 23.9 Å². The predicted octanol–water partition coefficient (Wildman–Crippen LogP) is -0.463. The molecule has 1 fully saturated rings. The summed E-state index contributed by atoms with van der Waals surface area (Å²) in [5.74, 6) is -1.62. The fourth-order valence-electron chi connectivity index (χ4n) is 3.75. The Labute approximate surface area is 235 Å². The molecule has 0 saturated carbocycles. The molecule has 2 aliphatic rings. The number of benzene rings is 2. The van der Waals surface area contributed by atoms with Crippen LogP contribution >= 0.6 is 11.8 Å². The van der Waals surface area contributed by atoms with E-state index in [1.54, 1.807) is 24.3 Å². The molecule has 5 rings (SSSR count). The van der Waals surface area contributed by atoms with Crippen molar-refractivity contribution in [2.45, 2.75) is 12.0 Å². The summed E-state index contributed by atoms with van der Waals surface area (Å²) in [5, 5.41) is 22.9. The number of nitro groups is 1. The van der Waals surface area contributed by atoms with Crippen molar-refractivity contribution in [1.29, 1.82) is 0 Å². The maximum atomic E-state index is 12.9. The van der Waals surface area contributed by atoms with E-state index in [0.717, 1.165) is 4.90 Å². The van der Waals surface area contributed by atoms with E-state index in [0.29, 0.717) is 22.4 Å². The third-order valence-electron chi connectivity index (χ3n) is 5.51. The van der Waals surface area contributed by atoms with Crippen molar-refractivity contribution in [3.05, 3.63) is 98.8 Å². The molecule has 2 aromatic carbocycles. The summed E-state index contributed by atoms with van der Waals surface area (Å²) in [4.78, 5) is 52.6. The number of fused-ring (bicyclic) bond motifs is 1. The molecule has 37 heavy (non-hydrogen) atoms. The quantitative estimate of drug-likeness (QED) is 0.137. The van der Waals surface area contributed by atoms with Gasteiger partial charge in [0.05, 0.1) is 27.9 Å². The van der Waals surface area contributed by atoms with Gasteiger partial charge >= 0.3 is 35.7 Å². The number of aliphatic carboxylic acids is 1. The zero-order valence-electron chi connectivity index (χ0n) is 19.3. The predicted molar refractivity (Wildman–Crippen MR) is 126 cm³/mol. The van der Waals surface area contributed by atoms with Crippen LogP contribution in [0.4, 0.5) is 10.5 Å². The second-order valence-electron chi connectivity index (χ2n) is 7.76. The summed E-state index contributed by atoms with van der Waals surface area (Å²) in [6.07, 6.45) is 2.20. The van der Waals surface area contributed by atoms with Crippen molar-refractivity contribution in [2.75, 3.05) is 0 Å². The van der Waals surface area contributed by atoms with Crippen LogP contribution in [0.2, 0.25) is 0 Å². The summed E-state index contributed by atoms with van der Waals surface area (Å²) in [5.41, 5.74) is 1.59. The molecule has 1 atom stereocenters. The molecule has 0 unspecified atom stereocenters. The first-order valence-electron chi connectivity index (χ1n) is 10.5. The van der Waals surface area contributed by atoms with Gasteiger partial charge < -0.3 is 14.6 Å². The van der Waals surface area contributed by atoms with Gasteiger partial charge in [0.15, 0.2) is 0 Å². The van der Waals surface area contributed by atoms with E-state index in [1.807, 2.05) is 6.07 Å². The second kappa shape index (κ2) is 10.7. The van der Waals surface area contributed by atoms with Gasteiger partial charge in [0.1, 0.15) is 17.8 Å². The number of β-lactam (4-membered cyclic amide) rings is 1. The number of ether oxygens (including phenoxy) is 1. The molecule has 2 aliphatic heterocycles. The Morgan fingerprint density at radius 2 is 1.84 bits per heavy atom. The molecular weight excluding hydrogens is 511 g/mol. The van der Waals surface area contributed by atoms with Gasteiger partial charge in [-0.1, -0.05) is 30.3 Å². The fraction of sp³-hybridized carbons (Fsp3) is 0.0833. The van der Waals surface area contributed by atoms with Crippen molar-refractivity contribution in [1.82, 2.24) is 14.5 Å². The summed E-state index contributed by atoms with van der Waals surface area (Å²) >= 11 is 1.17. The van der Waals surface area contributed by atoms with Gasteiger partial charge in [-0.05, 0) is 29.2 Å². The number of nitrogens with zero attached hydrogens (tertiary/aromatic N) is 4. The van der Waals surface area contributed by atoms with E-state index in [9.17, 15) is 29.6 Å². The third kappa shape index (κ3) is 5.09. The molecule has 0 N–H and O–H groups in total. The molecule has 0 aliphatic carbocycles. The van der Waals surface area contributed by atoms with Gasteiger partial charge in [-0.25, -0.2) is 14.3 Å². The summed E-state index contributed by atoms with van der Waals surface area (Å²) < 4.78 is 6.61. The largest absolute Gasteiger partial charge is 1.00 e. The van der Waals surface area contributed by atoms with Crippen molar-refractivity contribution in [3.8, 4) is 11.4 Å². The number of hydrogen-bond donors (Lipinski definition) is 0. The Kier molecular flexibility index (Phi) is 7.64. The minimum absolute atomic E-state index is 0. The van der Waals surface area contributed by atoms with Crippen molar-refractivity contribution >= 4 is 41.5 Å². The second-order valence-corrected chi connectivity index (χ2v) is 8.71. The average Bonchev–Trinajstić information content (AvgIpc) is 3.49. The normalized spacial score (nSPS) is 16.9. The molecule has 3 aromatic rings. The third-order valence-corrected chi connectivity index (χ3v) is 6.59. The summed E-state index contributed by atoms with van der Waals surface area (Å²) in [6.45, 7) is -0.122. The minimum atomic E-state index is -1.43. The molecule has 13 heteroatoms. The number of nitro benzene ring substituents is 1. The van der Waals surface area contributed by atoms with Crippen LogP contribution in [0.3, 0.4) is 0 Å². The number of carbonyl (C=O) groups excluding carboxylic acids is 3. The molecule has 3 heterocycles. The topological polar surface area (TPSA) is 148 Å². The number of non-ortho nitro benzene ring substituents is 1. The Morgan fingerprint density at radius 1 is 1.14 bits per heavy atom. The standard InChI is InChI=1S/C24H16N4O7S.Na/c29-21-18(22-27(21)19(13-36-22)23(30)31)10-16-11-26(20(25-16)15-4-2-1-3-5-15)24(32)35-12-14-6-8-17(9-7-14)28(33)34;/h1-11,13,22H,12H2,(H,30,31);/q;+1/p-1/b18-10-;/t22-;/m1./s1. The molecule has 1 amide bonds. The summed E-state index contributed by atoms with van der Waals surface area (Å²) in [7, 11) is 0. The van der Waals surface area contributed by atoms with Gasteiger partial charge in [-0.3, -0.25) is 19.8 Å². The van der Waals surface area contributed by atoms with Crippen molar-refractivity contribution in [2.24, 2.45) is 0 Å². The first kappa shape index (κ1) is 26.4. The Bertz CT molecular complexity index is 1470. The van der Waals surface area contributed by atoms with E-state index in [4.69, 9.17) is 4.74 Å². The van der Waals surface area contributed by atoms with Gasteiger partial charge in [-0.15, -0.1) is 11.8 Å². The van der Waals surface area contributed by atoms with Crippen LogP contribution in [0.25, 0.3) is 17.5 Å². The van der Waals surface area contributed by atoms with Crippen LogP contribution in [-0.4, -0.2) is 42.7 Å². The molecule has 0 radical (unpaired) electrons. The number of amides is 1. The average molecular weight is 526 g/mol. The van der Waals surface area contributed by atoms with E-state index in [-0.39, 0.29) is 53.4 Å². The monoisotopic (exact) mass is 526 g/mol. The molecule has 180 valence electrons.